The van der Waals surface area contributed by atoms with Crippen LogP contribution in [0.3, 0.4) is 0 Å². The molecule has 0 radical (unpaired) electrons. The highest BCUT2D eigenvalue weighted by Gasteiger charge is 2.25. The van der Waals surface area contributed by atoms with E-state index in [9.17, 15) is 5.11 Å². The Kier molecular flexibility index (Phi) is 5.12. The van der Waals surface area contributed by atoms with E-state index in [1.54, 1.807) is 41.9 Å². The van der Waals surface area contributed by atoms with Crippen molar-refractivity contribution in [2.24, 2.45) is 0 Å². The van der Waals surface area contributed by atoms with E-state index in [1.165, 1.54) is 7.11 Å². The molecule has 4 heterocycles. The van der Waals surface area contributed by atoms with Crippen molar-refractivity contribution < 1.29 is 14.6 Å². The van der Waals surface area contributed by atoms with Crippen LogP contribution >= 0.6 is 0 Å². The monoisotopic (exact) mass is 434 g/mol. The summed E-state index contributed by atoms with van der Waals surface area (Å²) < 4.78 is 13.9. The highest BCUT2D eigenvalue weighted by molar-refractivity contribution is 5.91. The lowest BCUT2D eigenvalue weighted by Gasteiger charge is -2.24. The van der Waals surface area contributed by atoms with Crippen molar-refractivity contribution in [2.75, 3.05) is 14.2 Å². The summed E-state index contributed by atoms with van der Waals surface area (Å²) in [6.07, 6.45) is 6.93. The van der Waals surface area contributed by atoms with E-state index in [4.69, 9.17) is 19.9 Å². The lowest BCUT2D eigenvalue weighted by molar-refractivity contribution is 0.343. The van der Waals surface area contributed by atoms with Crippen LogP contribution in [0.25, 0.3) is 27.8 Å². The predicted molar refractivity (Wildman–Crippen MR) is 122 cm³/mol. The molecule has 0 aliphatic heterocycles. The van der Waals surface area contributed by atoms with Crippen LogP contribution in [-0.4, -0.2) is 49.4 Å². The van der Waals surface area contributed by atoms with Crippen LogP contribution in [0.2, 0.25) is 0 Å². The topological polar surface area (TPSA) is 111 Å². The highest BCUT2D eigenvalue weighted by Crippen LogP contribution is 2.35. The van der Waals surface area contributed by atoms with Crippen LogP contribution < -0.4 is 9.47 Å². The maximum absolute atomic E-state index is 11.0. The van der Waals surface area contributed by atoms with E-state index in [2.05, 4.69) is 10.1 Å². The van der Waals surface area contributed by atoms with E-state index in [1.807, 2.05) is 39.1 Å². The van der Waals surface area contributed by atoms with E-state index in [0.29, 0.717) is 39.6 Å². The van der Waals surface area contributed by atoms with Crippen LogP contribution in [0.4, 0.5) is 0 Å². The third-order valence-electron chi connectivity index (χ3n) is 5.81. The van der Waals surface area contributed by atoms with Crippen molar-refractivity contribution in [3.8, 4) is 34.5 Å². The fourth-order valence-electron chi connectivity index (χ4n) is 3.52. The van der Waals surface area contributed by atoms with Crippen molar-refractivity contribution in [2.45, 2.75) is 33.2 Å². The quantitative estimate of drug-likeness (QED) is 0.442. The highest BCUT2D eigenvalue weighted by atomic mass is 16.5. The molecule has 9 heteroatoms. The summed E-state index contributed by atoms with van der Waals surface area (Å²) in [6, 6.07) is 3.72. The number of ether oxygens (including phenoxy) is 2. The maximum Gasteiger partial charge on any atom is 0.256 e. The maximum atomic E-state index is 11.0. The Hall–Kier alpha value is -3.88. The summed E-state index contributed by atoms with van der Waals surface area (Å²) in [5.74, 6) is 1.00. The first kappa shape index (κ1) is 21.4. The number of aryl methyl sites for hydroxylation is 1. The Morgan fingerprint density at radius 1 is 1.12 bits per heavy atom. The molecule has 0 fully saturated rings. The lowest BCUT2D eigenvalue weighted by atomic mass is 10.0. The summed E-state index contributed by atoms with van der Waals surface area (Å²) in [5, 5.41) is 24.0. The van der Waals surface area contributed by atoms with Gasteiger partial charge in [0, 0.05) is 23.7 Å². The lowest BCUT2D eigenvalue weighted by Crippen LogP contribution is -2.33. The molecule has 0 aliphatic carbocycles. The van der Waals surface area contributed by atoms with Gasteiger partial charge >= 0.3 is 0 Å². The summed E-state index contributed by atoms with van der Waals surface area (Å²) in [7, 11) is 3.10. The largest absolute Gasteiger partial charge is 0.494 e. The van der Waals surface area contributed by atoms with Crippen LogP contribution in [0.5, 0.6) is 17.5 Å². The second-order valence-corrected chi connectivity index (χ2v) is 8.17. The summed E-state index contributed by atoms with van der Waals surface area (Å²) in [5.41, 5.74) is 3.60. The van der Waals surface area contributed by atoms with Gasteiger partial charge in [-0.1, -0.05) is 0 Å². The third kappa shape index (κ3) is 3.35. The molecular formula is C23H26N6O3. The van der Waals surface area contributed by atoms with Gasteiger partial charge in [-0.3, -0.25) is 9.25 Å². The average molecular weight is 435 g/mol. The van der Waals surface area contributed by atoms with E-state index in [0.717, 1.165) is 11.1 Å². The fraction of sp³-hybridized carbons (Fsp3) is 0.304. The van der Waals surface area contributed by atoms with Crippen molar-refractivity contribution in [3.63, 3.8) is 0 Å². The van der Waals surface area contributed by atoms with E-state index in [-0.39, 0.29) is 5.88 Å². The molecule has 0 bridgehead atoms. The molecule has 9 nitrogen and oxygen atoms in total. The minimum Gasteiger partial charge on any atom is -0.494 e. The van der Waals surface area contributed by atoms with Gasteiger partial charge in [-0.25, -0.2) is 9.97 Å². The van der Waals surface area contributed by atoms with Crippen molar-refractivity contribution in [1.29, 1.82) is 5.41 Å². The number of fused-ring (bicyclic) bond motifs is 1. The Bertz CT molecular complexity index is 1340. The Morgan fingerprint density at radius 3 is 2.53 bits per heavy atom. The molecule has 0 aliphatic rings. The number of hydrogen-bond donors (Lipinski definition) is 2. The molecule has 0 atom stereocenters. The van der Waals surface area contributed by atoms with E-state index < -0.39 is 5.54 Å². The SMILES string of the molecule is COc1cc(-c2cc(C)c3c(O)n(-c4cnn(C(C)(C)C(C)=N)c4)cc3n2)cnc1OC. The Labute approximate surface area is 185 Å². The van der Waals surface area contributed by atoms with Gasteiger partial charge in [-0.15, -0.1) is 0 Å². The standard InChI is InChI=1S/C23H26N6O3/c1-13-7-17(15-8-19(31-5)21(32-6)25-9-15)27-18-12-28(22(30)20(13)18)16-10-26-29(11-16)23(3,4)14(2)24/h7-12,24,30H,1-6H3. The molecule has 0 spiro atoms. The summed E-state index contributed by atoms with van der Waals surface area (Å²) >= 11 is 0. The van der Waals surface area contributed by atoms with Gasteiger partial charge in [0.2, 0.25) is 5.88 Å². The van der Waals surface area contributed by atoms with Crippen LogP contribution in [-0.2, 0) is 5.54 Å². The number of rotatable bonds is 6. The summed E-state index contributed by atoms with van der Waals surface area (Å²) in [4.78, 5) is 9.04. The smallest absolute Gasteiger partial charge is 0.256 e. The molecular weight excluding hydrogens is 408 g/mol. The van der Waals surface area contributed by atoms with Crippen LogP contribution in [0.15, 0.2) is 36.9 Å². The van der Waals surface area contributed by atoms with Gasteiger partial charge in [0.25, 0.3) is 5.88 Å². The second-order valence-electron chi connectivity index (χ2n) is 8.17. The van der Waals surface area contributed by atoms with Gasteiger partial charge < -0.3 is 20.0 Å². The molecule has 4 aromatic heterocycles. The molecule has 0 saturated carbocycles. The van der Waals surface area contributed by atoms with Gasteiger partial charge in [0.1, 0.15) is 0 Å². The first-order valence-corrected chi connectivity index (χ1v) is 10.1. The van der Waals surface area contributed by atoms with Crippen LogP contribution in [0.1, 0.15) is 26.3 Å². The zero-order valence-electron chi connectivity index (χ0n) is 19.0. The number of hydrogen-bond acceptors (Lipinski definition) is 7. The predicted octanol–water partition coefficient (Wildman–Crippen LogP) is 4.09. The number of nitrogens with one attached hydrogen (secondary N) is 1. The average Bonchev–Trinajstić information content (AvgIpc) is 3.38. The first-order valence-electron chi connectivity index (χ1n) is 10.1. The Morgan fingerprint density at radius 2 is 1.88 bits per heavy atom. The summed E-state index contributed by atoms with van der Waals surface area (Å²) in [6.45, 7) is 7.53. The van der Waals surface area contributed by atoms with Gasteiger partial charge in [-0.2, -0.15) is 5.10 Å². The molecule has 166 valence electrons. The van der Waals surface area contributed by atoms with Gasteiger partial charge in [-0.05, 0) is 45.4 Å². The van der Waals surface area contributed by atoms with Crippen LogP contribution in [0, 0.1) is 12.3 Å². The molecule has 0 unspecified atom stereocenters. The molecule has 0 amide bonds. The molecule has 2 N–H and O–H groups in total. The fourth-order valence-corrected chi connectivity index (χ4v) is 3.52. The first-order chi connectivity index (χ1) is 15.2. The normalized spacial score (nSPS) is 11.7. The minimum absolute atomic E-state index is 0.0888. The second kappa shape index (κ2) is 7.67. The van der Waals surface area contributed by atoms with Gasteiger partial charge in [0.15, 0.2) is 5.75 Å². The minimum atomic E-state index is -0.567. The third-order valence-corrected chi connectivity index (χ3v) is 5.81. The van der Waals surface area contributed by atoms with E-state index >= 15 is 0 Å². The molecule has 32 heavy (non-hydrogen) atoms. The zero-order valence-corrected chi connectivity index (χ0v) is 19.0. The number of nitrogens with zero attached hydrogens (tertiary/aromatic N) is 5. The Balaban J connectivity index is 1.81. The zero-order chi connectivity index (χ0) is 23.2. The molecule has 0 aromatic carbocycles. The number of pyridine rings is 2. The molecule has 4 rings (SSSR count). The molecule has 0 saturated heterocycles. The number of methoxy groups -OCH3 is 2. The van der Waals surface area contributed by atoms with Crippen molar-refractivity contribution in [1.82, 2.24) is 24.3 Å². The van der Waals surface area contributed by atoms with Crippen molar-refractivity contribution in [3.05, 3.63) is 42.5 Å². The molecule has 4 aromatic rings. The van der Waals surface area contributed by atoms with Gasteiger partial charge in [0.05, 0.1) is 54.4 Å². The number of aromatic hydroxyl groups is 1. The number of aromatic nitrogens is 5. The van der Waals surface area contributed by atoms with Crippen molar-refractivity contribution >= 4 is 16.6 Å².